The Labute approximate surface area is 89.7 Å². The van der Waals surface area contributed by atoms with Crippen molar-refractivity contribution in [1.82, 2.24) is 9.88 Å². The van der Waals surface area contributed by atoms with E-state index in [2.05, 4.69) is 27.9 Å². The molecule has 0 amide bonds. The molecule has 2 atom stereocenters. The Morgan fingerprint density at radius 3 is 2.60 bits per heavy atom. The molecular weight excluding hydrogens is 188 g/mol. The summed E-state index contributed by atoms with van der Waals surface area (Å²) in [5.41, 5.74) is 6.78. The number of likely N-dealkylation sites (N-methyl/N-ethyl adjacent to an activating group) is 1. The van der Waals surface area contributed by atoms with Crippen LogP contribution in [0.3, 0.4) is 0 Å². The molecule has 0 radical (unpaired) electrons. The molecule has 3 aliphatic rings. The zero-order chi connectivity index (χ0) is 10.4. The number of fused-ring (bicyclic) bond motifs is 2. The molecule has 3 fully saturated rings. The number of nitrogens with two attached hydrogens (primary N) is 1. The van der Waals surface area contributed by atoms with Gasteiger partial charge in [-0.15, -0.1) is 0 Å². The third kappa shape index (κ3) is 1.36. The van der Waals surface area contributed by atoms with Crippen LogP contribution >= 0.6 is 0 Å². The first-order valence-electron chi connectivity index (χ1n) is 5.42. The van der Waals surface area contributed by atoms with Crippen LogP contribution in [0.2, 0.25) is 0 Å². The van der Waals surface area contributed by atoms with Gasteiger partial charge in [0.25, 0.3) is 0 Å². The second-order valence-electron chi connectivity index (χ2n) is 4.56. The summed E-state index contributed by atoms with van der Waals surface area (Å²) < 4.78 is 0. The number of nitrogen functional groups attached to an aromatic ring is 1. The maximum Gasteiger partial charge on any atom is 0.123 e. The molecule has 4 nitrogen and oxygen atoms in total. The number of hydrogen-bond donors (Lipinski definition) is 1. The molecule has 1 aromatic rings. The fraction of sp³-hybridized carbons (Fsp3) is 0.545. The lowest BCUT2D eigenvalue weighted by Gasteiger charge is -2.55. The fourth-order valence-corrected chi connectivity index (χ4v) is 2.59. The van der Waals surface area contributed by atoms with Gasteiger partial charge in [-0.2, -0.15) is 0 Å². The molecule has 0 spiro atoms. The van der Waals surface area contributed by atoms with Crippen molar-refractivity contribution in [3.05, 3.63) is 18.3 Å². The summed E-state index contributed by atoms with van der Waals surface area (Å²) in [6, 6.07) is 5.41. The van der Waals surface area contributed by atoms with E-state index in [-0.39, 0.29) is 0 Å². The number of pyridine rings is 1. The van der Waals surface area contributed by atoms with Gasteiger partial charge in [-0.05, 0) is 25.6 Å². The highest BCUT2D eigenvalue weighted by molar-refractivity contribution is 5.49. The Morgan fingerprint density at radius 2 is 2.07 bits per heavy atom. The molecule has 3 aliphatic heterocycles. The zero-order valence-corrected chi connectivity index (χ0v) is 8.93. The maximum atomic E-state index is 5.58. The minimum absolute atomic E-state index is 0.595. The van der Waals surface area contributed by atoms with Crippen LogP contribution in [0.25, 0.3) is 0 Å². The molecule has 1 aromatic heterocycles. The Balaban J connectivity index is 1.77. The number of piperazine rings is 1. The molecule has 15 heavy (non-hydrogen) atoms. The van der Waals surface area contributed by atoms with Crippen molar-refractivity contribution in [3.63, 3.8) is 0 Å². The molecular formula is C11H16N4. The van der Waals surface area contributed by atoms with E-state index in [0.29, 0.717) is 5.82 Å². The molecule has 0 aliphatic carbocycles. The fourth-order valence-electron chi connectivity index (χ4n) is 2.59. The number of piperidine rings is 1. The quantitative estimate of drug-likeness (QED) is 0.726. The minimum Gasteiger partial charge on any atom is -0.384 e. The van der Waals surface area contributed by atoms with Gasteiger partial charge >= 0.3 is 0 Å². The van der Waals surface area contributed by atoms with Crippen LogP contribution in [0.4, 0.5) is 11.5 Å². The van der Waals surface area contributed by atoms with Crippen LogP contribution in [0.5, 0.6) is 0 Å². The van der Waals surface area contributed by atoms with E-state index >= 15 is 0 Å². The Bertz CT molecular complexity index is 349. The molecule has 4 rings (SSSR count). The third-order valence-electron chi connectivity index (χ3n) is 3.69. The predicted octanol–water partition coefficient (Wildman–Crippen LogP) is 0.556. The van der Waals surface area contributed by atoms with Crippen LogP contribution in [0.15, 0.2) is 18.3 Å². The molecule has 3 saturated heterocycles. The molecule has 0 saturated carbocycles. The van der Waals surface area contributed by atoms with Crippen molar-refractivity contribution in [2.24, 2.45) is 0 Å². The van der Waals surface area contributed by atoms with E-state index in [1.807, 2.05) is 12.3 Å². The molecule has 2 N–H and O–H groups in total. The molecule has 0 aromatic carbocycles. The highest BCUT2D eigenvalue weighted by Gasteiger charge is 2.42. The molecule has 4 heteroatoms. The standard InChI is InChI=1S/C11H16N4/c1-14-9-4-10(14)7-15(6-9)8-2-3-11(12)13-5-8/h2-3,5,9-10H,4,6-7H2,1H3,(H2,12,13). The number of anilines is 2. The van der Waals surface area contributed by atoms with Crippen LogP contribution in [-0.4, -0.2) is 42.1 Å². The van der Waals surface area contributed by atoms with Gasteiger partial charge < -0.3 is 10.6 Å². The number of nitrogens with zero attached hydrogens (tertiary/aromatic N) is 3. The predicted molar refractivity (Wildman–Crippen MR) is 60.8 cm³/mol. The SMILES string of the molecule is CN1C2CC1CN(c1ccc(N)nc1)C2. The van der Waals surface area contributed by atoms with Crippen LogP contribution in [0, 0.1) is 0 Å². The van der Waals surface area contributed by atoms with Gasteiger partial charge in [0.1, 0.15) is 5.82 Å². The first-order chi connectivity index (χ1) is 7.24. The molecule has 80 valence electrons. The maximum absolute atomic E-state index is 5.58. The first-order valence-corrected chi connectivity index (χ1v) is 5.42. The zero-order valence-electron chi connectivity index (χ0n) is 8.93. The lowest BCUT2D eigenvalue weighted by molar-refractivity contribution is 0.0264. The van der Waals surface area contributed by atoms with Gasteiger partial charge in [-0.25, -0.2) is 4.98 Å². The average Bonchev–Trinajstić information content (AvgIpc) is 2.29. The van der Waals surface area contributed by atoms with Gasteiger partial charge in [0.05, 0.1) is 11.9 Å². The summed E-state index contributed by atoms with van der Waals surface area (Å²) in [5, 5.41) is 0. The Morgan fingerprint density at radius 1 is 1.33 bits per heavy atom. The largest absolute Gasteiger partial charge is 0.384 e. The van der Waals surface area contributed by atoms with Crippen molar-refractivity contribution in [3.8, 4) is 0 Å². The lowest BCUT2D eigenvalue weighted by Crippen LogP contribution is -2.67. The smallest absolute Gasteiger partial charge is 0.123 e. The Kier molecular flexibility index (Phi) is 1.85. The first kappa shape index (κ1) is 8.97. The summed E-state index contributed by atoms with van der Waals surface area (Å²) in [6.45, 7) is 2.25. The summed E-state index contributed by atoms with van der Waals surface area (Å²) in [4.78, 5) is 9.02. The van der Waals surface area contributed by atoms with Crippen molar-refractivity contribution in [2.75, 3.05) is 30.8 Å². The lowest BCUT2D eigenvalue weighted by atomic mass is 9.88. The third-order valence-corrected chi connectivity index (χ3v) is 3.69. The van der Waals surface area contributed by atoms with E-state index in [0.717, 1.165) is 25.2 Å². The van der Waals surface area contributed by atoms with Gasteiger partial charge in [-0.3, -0.25) is 4.90 Å². The highest BCUT2D eigenvalue weighted by Crippen LogP contribution is 2.32. The summed E-state index contributed by atoms with van der Waals surface area (Å²) >= 11 is 0. The normalized spacial score (nSPS) is 30.1. The van der Waals surface area contributed by atoms with Gasteiger partial charge in [0, 0.05) is 25.2 Å². The average molecular weight is 204 g/mol. The topological polar surface area (TPSA) is 45.4 Å². The van der Waals surface area contributed by atoms with Gasteiger partial charge in [0.2, 0.25) is 0 Å². The van der Waals surface area contributed by atoms with E-state index in [1.165, 1.54) is 12.1 Å². The van der Waals surface area contributed by atoms with Gasteiger partial charge in [0.15, 0.2) is 0 Å². The van der Waals surface area contributed by atoms with Crippen LogP contribution in [-0.2, 0) is 0 Å². The summed E-state index contributed by atoms with van der Waals surface area (Å²) in [7, 11) is 2.22. The van der Waals surface area contributed by atoms with Crippen molar-refractivity contribution in [1.29, 1.82) is 0 Å². The second kappa shape index (κ2) is 3.10. The van der Waals surface area contributed by atoms with Crippen molar-refractivity contribution >= 4 is 11.5 Å². The van der Waals surface area contributed by atoms with E-state index < -0.39 is 0 Å². The van der Waals surface area contributed by atoms with E-state index in [1.54, 1.807) is 0 Å². The van der Waals surface area contributed by atoms with Crippen LogP contribution in [0.1, 0.15) is 6.42 Å². The van der Waals surface area contributed by atoms with Crippen LogP contribution < -0.4 is 10.6 Å². The summed E-state index contributed by atoms with van der Waals surface area (Å²) in [5.74, 6) is 0.595. The highest BCUT2D eigenvalue weighted by atomic mass is 15.3. The number of rotatable bonds is 1. The van der Waals surface area contributed by atoms with Gasteiger partial charge in [-0.1, -0.05) is 0 Å². The van der Waals surface area contributed by atoms with Crippen molar-refractivity contribution in [2.45, 2.75) is 18.5 Å². The number of aromatic nitrogens is 1. The summed E-state index contributed by atoms with van der Waals surface area (Å²) in [6.07, 6.45) is 3.23. The Hall–Kier alpha value is -1.29. The molecule has 4 heterocycles. The van der Waals surface area contributed by atoms with E-state index in [4.69, 9.17) is 5.73 Å². The second-order valence-corrected chi connectivity index (χ2v) is 4.56. The minimum atomic E-state index is 0.595. The molecule has 2 bridgehead atoms. The van der Waals surface area contributed by atoms with Crippen molar-refractivity contribution < 1.29 is 0 Å². The van der Waals surface area contributed by atoms with E-state index in [9.17, 15) is 0 Å². The monoisotopic (exact) mass is 204 g/mol. The number of hydrogen-bond acceptors (Lipinski definition) is 4. The molecule has 2 unspecified atom stereocenters.